The van der Waals surface area contributed by atoms with Gasteiger partial charge in [-0.25, -0.2) is 4.21 Å². The minimum Gasteiger partial charge on any atom is -0.274 e. The molecular formula is C5H7ClN2OS. The molecule has 56 valence electrons. The van der Waals surface area contributed by atoms with Gasteiger partial charge in [0, 0.05) is 13.2 Å². The van der Waals surface area contributed by atoms with Crippen molar-refractivity contribution in [2.75, 3.05) is 0 Å². The summed E-state index contributed by atoms with van der Waals surface area (Å²) in [6.07, 6.45) is 1.65. The van der Waals surface area contributed by atoms with Gasteiger partial charge in [-0.15, -0.1) is 0 Å². The van der Waals surface area contributed by atoms with Gasteiger partial charge < -0.3 is 0 Å². The van der Waals surface area contributed by atoms with Crippen molar-refractivity contribution in [1.29, 1.82) is 0 Å². The summed E-state index contributed by atoms with van der Waals surface area (Å²) in [5.41, 5.74) is 0.718. The van der Waals surface area contributed by atoms with Gasteiger partial charge in [-0.1, -0.05) is 0 Å². The van der Waals surface area contributed by atoms with Crippen LogP contribution in [-0.2, 0) is 17.1 Å². The molecule has 0 fully saturated rings. The third kappa shape index (κ3) is 1.38. The van der Waals surface area contributed by atoms with E-state index in [0.717, 1.165) is 5.69 Å². The van der Waals surface area contributed by atoms with Crippen molar-refractivity contribution in [2.24, 2.45) is 7.05 Å². The second-order valence-electron chi connectivity index (χ2n) is 1.98. The van der Waals surface area contributed by atoms with E-state index in [1.165, 1.54) is 0 Å². The molecule has 0 aromatic carbocycles. The zero-order valence-electron chi connectivity index (χ0n) is 5.67. The highest BCUT2D eigenvalue weighted by Crippen LogP contribution is 2.12. The topological polar surface area (TPSA) is 34.9 Å². The normalized spacial score (nSPS) is 13.5. The molecule has 0 radical (unpaired) electrons. The van der Waals surface area contributed by atoms with Gasteiger partial charge in [0.15, 0.2) is 10.0 Å². The van der Waals surface area contributed by atoms with Crippen molar-refractivity contribution in [3.8, 4) is 0 Å². The van der Waals surface area contributed by atoms with Crippen LogP contribution in [0.5, 0.6) is 0 Å². The number of hydrogen-bond donors (Lipinski definition) is 0. The van der Waals surface area contributed by atoms with Crippen LogP contribution in [0.15, 0.2) is 11.1 Å². The summed E-state index contributed by atoms with van der Waals surface area (Å²) >= 11 is 0. The van der Waals surface area contributed by atoms with Crippen LogP contribution in [0.1, 0.15) is 5.69 Å². The molecule has 0 amide bonds. The lowest BCUT2D eigenvalue weighted by Gasteiger charge is -1.84. The van der Waals surface area contributed by atoms with Gasteiger partial charge in [0.25, 0.3) is 0 Å². The smallest absolute Gasteiger partial charge is 0.151 e. The van der Waals surface area contributed by atoms with Gasteiger partial charge in [-0.3, -0.25) is 4.68 Å². The Balaban J connectivity index is 3.15. The van der Waals surface area contributed by atoms with Gasteiger partial charge in [-0.2, -0.15) is 5.10 Å². The molecule has 1 unspecified atom stereocenters. The number of hydrogen-bond acceptors (Lipinski definition) is 2. The molecule has 0 saturated carbocycles. The second kappa shape index (κ2) is 2.72. The summed E-state index contributed by atoms with van der Waals surface area (Å²) < 4.78 is 12.3. The van der Waals surface area contributed by atoms with E-state index in [4.69, 9.17) is 10.7 Å². The standard InChI is InChI=1S/C5H7ClN2OS/c1-4-5(10(6)9)3-8(2)7-4/h3H,1-2H3. The minimum absolute atomic E-state index is 0.587. The molecule has 3 nitrogen and oxygen atoms in total. The summed E-state index contributed by atoms with van der Waals surface area (Å²) in [7, 11) is 5.67. The summed E-state index contributed by atoms with van der Waals surface area (Å²) in [6.45, 7) is 1.77. The summed E-state index contributed by atoms with van der Waals surface area (Å²) in [6, 6.07) is 0. The maximum absolute atomic E-state index is 10.7. The number of halogens is 1. The van der Waals surface area contributed by atoms with Gasteiger partial charge in [0.05, 0.1) is 10.6 Å². The number of rotatable bonds is 1. The zero-order chi connectivity index (χ0) is 7.72. The highest BCUT2D eigenvalue weighted by molar-refractivity contribution is 8.08. The molecule has 0 aliphatic carbocycles. The first kappa shape index (κ1) is 7.75. The molecule has 1 rings (SSSR count). The van der Waals surface area contributed by atoms with Crippen molar-refractivity contribution < 1.29 is 4.21 Å². The van der Waals surface area contributed by atoms with Crippen LogP contribution < -0.4 is 0 Å². The Labute approximate surface area is 65.9 Å². The fourth-order valence-corrected chi connectivity index (χ4v) is 1.70. The van der Waals surface area contributed by atoms with Gasteiger partial charge >= 0.3 is 0 Å². The lowest BCUT2D eigenvalue weighted by Crippen LogP contribution is -1.86. The first-order chi connectivity index (χ1) is 4.61. The summed E-state index contributed by atoms with van der Waals surface area (Å²) in [5.74, 6) is 0. The zero-order valence-corrected chi connectivity index (χ0v) is 7.24. The second-order valence-corrected chi connectivity index (χ2v) is 3.70. The van der Waals surface area contributed by atoms with Crippen LogP contribution in [0.25, 0.3) is 0 Å². The van der Waals surface area contributed by atoms with E-state index in [1.54, 1.807) is 24.9 Å². The van der Waals surface area contributed by atoms with Crippen LogP contribution in [0, 0.1) is 6.92 Å². The van der Waals surface area contributed by atoms with E-state index >= 15 is 0 Å². The molecule has 0 aliphatic rings. The highest BCUT2D eigenvalue weighted by atomic mass is 35.7. The number of aryl methyl sites for hydroxylation is 2. The Morgan fingerprint density at radius 2 is 2.40 bits per heavy atom. The quantitative estimate of drug-likeness (QED) is 0.602. The monoisotopic (exact) mass is 178 g/mol. The van der Waals surface area contributed by atoms with Crippen molar-refractivity contribution in [2.45, 2.75) is 11.8 Å². The van der Waals surface area contributed by atoms with Gasteiger partial charge in [0.1, 0.15) is 0 Å². The average Bonchev–Trinajstić information content (AvgIpc) is 2.10. The number of aromatic nitrogens is 2. The van der Waals surface area contributed by atoms with Gasteiger partial charge in [0.2, 0.25) is 0 Å². The van der Waals surface area contributed by atoms with E-state index < -0.39 is 10.0 Å². The predicted octanol–water partition coefficient (Wildman–Crippen LogP) is 0.990. The van der Waals surface area contributed by atoms with E-state index in [0.29, 0.717) is 4.90 Å². The minimum atomic E-state index is -1.43. The predicted molar refractivity (Wildman–Crippen MR) is 40.2 cm³/mol. The van der Waals surface area contributed by atoms with Crippen LogP contribution in [0.4, 0.5) is 0 Å². The van der Waals surface area contributed by atoms with E-state index in [9.17, 15) is 4.21 Å². The van der Waals surface area contributed by atoms with Crippen molar-refractivity contribution in [3.63, 3.8) is 0 Å². The molecule has 1 heterocycles. The summed E-state index contributed by atoms with van der Waals surface area (Å²) in [4.78, 5) is 0.587. The molecule has 0 N–H and O–H groups in total. The third-order valence-corrected chi connectivity index (χ3v) is 2.39. The molecule has 1 aromatic heterocycles. The maximum Gasteiger partial charge on any atom is 0.151 e. The molecule has 0 spiro atoms. The highest BCUT2D eigenvalue weighted by Gasteiger charge is 2.06. The maximum atomic E-state index is 10.7. The van der Waals surface area contributed by atoms with Crippen molar-refractivity contribution in [1.82, 2.24) is 9.78 Å². The van der Waals surface area contributed by atoms with E-state index in [2.05, 4.69) is 5.10 Å². The molecule has 0 bridgehead atoms. The molecule has 0 saturated heterocycles. The number of nitrogens with zero attached hydrogens (tertiary/aromatic N) is 2. The fourth-order valence-electron chi connectivity index (χ4n) is 0.735. The van der Waals surface area contributed by atoms with Crippen LogP contribution in [0.2, 0.25) is 0 Å². The Hall–Kier alpha value is -0.350. The lowest BCUT2D eigenvalue weighted by molar-refractivity contribution is 0.690. The molecule has 0 aliphatic heterocycles. The Morgan fingerprint density at radius 3 is 2.60 bits per heavy atom. The molecular weight excluding hydrogens is 172 g/mol. The SMILES string of the molecule is Cc1nn(C)cc1S(=O)Cl. The molecule has 10 heavy (non-hydrogen) atoms. The first-order valence-corrected chi connectivity index (χ1v) is 4.67. The first-order valence-electron chi connectivity index (χ1n) is 2.69. The van der Waals surface area contributed by atoms with E-state index in [-0.39, 0.29) is 0 Å². The Bertz CT molecular complexity index is 271. The third-order valence-electron chi connectivity index (χ3n) is 1.14. The average molecular weight is 179 g/mol. The van der Waals surface area contributed by atoms with Crippen LogP contribution >= 0.6 is 10.7 Å². The molecule has 1 atom stereocenters. The van der Waals surface area contributed by atoms with Crippen LogP contribution in [0.3, 0.4) is 0 Å². The van der Waals surface area contributed by atoms with Crippen molar-refractivity contribution in [3.05, 3.63) is 11.9 Å². The lowest BCUT2D eigenvalue weighted by atomic mass is 10.5. The van der Waals surface area contributed by atoms with E-state index in [1.807, 2.05) is 0 Å². The molecule has 5 heteroatoms. The molecule has 1 aromatic rings. The summed E-state index contributed by atoms with van der Waals surface area (Å²) in [5, 5.41) is 3.97. The van der Waals surface area contributed by atoms with Crippen LogP contribution in [-0.4, -0.2) is 14.0 Å². The van der Waals surface area contributed by atoms with Gasteiger partial charge in [-0.05, 0) is 17.6 Å². The Morgan fingerprint density at radius 1 is 1.80 bits per heavy atom. The Kier molecular flexibility index (Phi) is 2.11. The fraction of sp³-hybridized carbons (Fsp3) is 0.400. The van der Waals surface area contributed by atoms with Crippen molar-refractivity contribution >= 4 is 20.7 Å². The largest absolute Gasteiger partial charge is 0.274 e.